The molecule has 3 atom stereocenters. The summed E-state index contributed by atoms with van der Waals surface area (Å²) in [7, 11) is 1.64. The van der Waals surface area contributed by atoms with E-state index in [9.17, 15) is 5.11 Å². The van der Waals surface area contributed by atoms with Crippen LogP contribution in [-0.4, -0.2) is 31.2 Å². The van der Waals surface area contributed by atoms with Crippen LogP contribution in [-0.2, 0) is 22.3 Å². The minimum Gasteiger partial charge on any atom is -0.493 e. The van der Waals surface area contributed by atoms with Crippen LogP contribution in [0.3, 0.4) is 0 Å². The second-order valence-corrected chi connectivity index (χ2v) is 8.72. The first kappa shape index (κ1) is 19.1. The summed E-state index contributed by atoms with van der Waals surface area (Å²) in [5.41, 5.74) is 6.68. The van der Waals surface area contributed by atoms with Crippen LogP contribution in [0.2, 0.25) is 0 Å². The van der Waals surface area contributed by atoms with Gasteiger partial charge in [-0.1, -0.05) is 30.3 Å². The lowest BCUT2D eigenvalue weighted by Gasteiger charge is -2.32. The summed E-state index contributed by atoms with van der Waals surface area (Å²) >= 11 is 0. The lowest BCUT2D eigenvalue weighted by Crippen LogP contribution is -2.32. The molecule has 2 aromatic carbocycles. The molecule has 4 heteroatoms. The van der Waals surface area contributed by atoms with Crippen molar-refractivity contribution in [2.24, 2.45) is 0 Å². The Hall–Kier alpha value is -1.88. The van der Waals surface area contributed by atoms with Crippen LogP contribution in [0, 0.1) is 0 Å². The van der Waals surface area contributed by atoms with E-state index in [1.807, 2.05) is 0 Å². The topological polar surface area (TPSA) is 47.9 Å². The van der Waals surface area contributed by atoms with E-state index in [1.54, 1.807) is 7.11 Å². The van der Waals surface area contributed by atoms with Crippen molar-refractivity contribution in [1.29, 1.82) is 0 Å². The van der Waals surface area contributed by atoms with Crippen LogP contribution in [0.15, 0.2) is 36.4 Å². The molecule has 2 fully saturated rings. The molecule has 2 heterocycles. The number of ether oxygens (including phenoxy) is 3. The van der Waals surface area contributed by atoms with Crippen LogP contribution < -0.4 is 4.74 Å². The van der Waals surface area contributed by atoms with E-state index in [-0.39, 0.29) is 18.5 Å². The predicted octanol–water partition coefficient (Wildman–Crippen LogP) is 4.66. The molecule has 1 N–H and O–H groups in total. The Morgan fingerprint density at radius 1 is 1.10 bits per heavy atom. The van der Waals surface area contributed by atoms with Crippen LogP contribution in [0.1, 0.15) is 71.9 Å². The first-order valence-corrected chi connectivity index (χ1v) is 10.9. The normalized spacial score (nSPS) is 26.6. The fourth-order valence-corrected chi connectivity index (χ4v) is 4.74. The van der Waals surface area contributed by atoms with E-state index in [0.29, 0.717) is 18.8 Å². The summed E-state index contributed by atoms with van der Waals surface area (Å²) in [5.74, 6) is 1.75. The number of aliphatic hydroxyl groups excluding tert-OH is 1. The minimum atomic E-state index is -0.383. The Kier molecular flexibility index (Phi) is 5.33. The molecule has 0 spiro atoms. The molecule has 0 amide bonds. The van der Waals surface area contributed by atoms with E-state index in [0.717, 1.165) is 37.2 Å². The van der Waals surface area contributed by atoms with Gasteiger partial charge >= 0.3 is 0 Å². The SMILES string of the molecule is COC1CC(O)CC(c2ccc(C3CC3)c(Cc3ccc4c(c3)CCCO4)c2)O1. The first-order chi connectivity index (χ1) is 14.2. The fourth-order valence-electron chi connectivity index (χ4n) is 4.74. The maximum absolute atomic E-state index is 10.2. The highest BCUT2D eigenvalue weighted by Crippen LogP contribution is 2.43. The molecule has 2 aromatic rings. The lowest BCUT2D eigenvalue weighted by atomic mass is 9.90. The second kappa shape index (κ2) is 8.10. The van der Waals surface area contributed by atoms with Gasteiger partial charge in [0.2, 0.25) is 0 Å². The highest BCUT2D eigenvalue weighted by Gasteiger charge is 2.31. The van der Waals surface area contributed by atoms with Gasteiger partial charge in [-0.25, -0.2) is 0 Å². The second-order valence-electron chi connectivity index (χ2n) is 8.72. The van der Waals surface area contributed by atoms with Gasteiger partial charge in [-0.15, -0.1) is 0 Å². The minimum absolute atomic E-state index is 0.118. The third kappa shape index (κ3) is 4.20. The Morgan fingerprint density at radius 2 is 2.00 bits per heavy atom. The molecule has 0 bridgehead atoms. The van der Waals surface area contributed by atoms with E-state index in [2.05, 4.69) is 36.4 Å². The van der Waals surface area contributed by atoms with Gasteiger partial charge in [-0.05, 0) is 71.9 Å². The summed E-state index contributed by atoms with van der Waals surface area (Å²) in [5, 5.41) is 10.2. The smallest absolute Gasteiger partial charge is 0.160 e. The van der Waals surface area contributed by atoms with Crippen molar-refractivity contribution in [3.8, 4) is 5.75 Å². The molecular weight excluding hydrogens is 364 g/mol. The molecule has 1 saturated carbocycles. The lowest BCUT2D eigenvalue weighted by molar-refractivity contribution is -0.205. The van der Waals surface area contributed by atoms with E-state index >= 15 is 0 Å². The molecule has 29 heavy (non-hydrogen) atoms. The molecule has 0 aromatic heterocycles. The number of hydrogen-bond donors (Lipinski definition) is 1. The van der Waals surface area contributed by atoms with Crippen LogP contribution in [0.25, 0.3) is 0 Å². The van der Waals surface area contributed by atoms with Crippen LogP contribution >= 0.6 is 0 Å². The molecular formula is C25H30O4. The summed E-state index contributed by atoms with van der Waals surface area (Å²) in [6.45, 7) is 0.829. The van der Waals surface area contributed by atoms with Gasteiger partial charge in [0.25, 0.3) is 0 Å². The summed E-state index contributed by atoms with van der Waals surface area (Å²) in [6.07, 6.45) is 6.02. The molecule has 0 radical (unpaired) electrons. The van der Waals surface area contributed by atoms with Gasteiger partial charge in [0.05, 0.1) is 18.8 Å². The molecule has 1 saturated heterocycles. The van der Waals surface area contributed by atoms with Crippen LogP contribution in [0.4, 0.5) is 0 Å². The van der Waals surface area contributed by atoms with Crippen molar-refractivity contribution < 1.29 is 19.3 Å². The largest absolute Gasteiger partial charge is 0.493 e. The van der Waals surface area contributed by atoms with Crippen molar-refractivity contribution in [1.82, 2.24) is 0 Å². The molecule has 4 nitrogen and oxygen atoms in total. The zero-order valence-corrected chi connectivity index (χ0v) is 17.1. The van der Waals surface area contributed by atoms with Crippen molar-refractivity contribution in [3.63, 3.8) is 0 Å². The highest BCUT2D eigenvalue weighted by atomic mass is 16.7. The Morgan fingerprint density at radius 3 is 2.83 bits per heavy atom. The summed E-state index contributed by atoms with van der Waals surface area (Å²) in [6, 6.07) is 13.4. The first-order valence-electron chi connectivity index (χ1n) is 10.9. The maximum atomic E-state index is 10.2. The number of hydrogen-bond acceptors (Lipinski definition) is 4. The highest BCUT2D eigenvalue weighted by molar-refractivity contribution is 5.44. The van der Waals surface area contributed by atoms with Crippen molar-refractivity contribution in [2.75, 3.05) is 13.7 Å². The van der Waals surface area contributed by atoms with Gasteiger partial charge in [0, 0.05) is 20.0 Å². The zero-order chi connectivity index (χ0) is 19.8. The molecule has 154 valence electrons. The third-order valence-corrected chi connectivity index (χ3v) is 6.45. The van der Waals surface area contributed by atoms with Crippen molar-refractivity contribution >= 4 is 0 Å². The predicted molar refractivity (Wildman–Crippen MR) is 111 cm³/mol. The average Bonchev–Trinajstić information content (AvgIpc) is 3.58. The van der Waals surface area contributed by atoms with Crippen molar-refractivity contribution in [2.45, 2.75) is 69.4 Å². The van der Waals surface area contributed by atoms with Gasteiger partial charge < -0.3 is 19.3 Å². The van der Waals surface area contributed by atoms with Gasteiger partial charge in [0.15, 0.2) is 6.29 Å². The summed E-state index contributed by atoms with van der Waals surface area (Å²) < 4.78 is 17.2. The molecule has 2 aliphatic heterocycles. The zero-order valence-electron chi connectivity index (χ0n) is 17.1. The number of aliphatic hydroxyl groups is 1. The third-order valence-electron chi connectivity index (χ3n) is 6.45. The fraction of sp³-hybridized carbons (Fsp3) is 0.520. The van der Waals surface area contributed by atoms with Gasteiger partial charge in [0.1, 0.15) is 5.75 Å². The number of benzene rings is 2. The molecule has 3 aliphatic rings. The Bertz CT molecular complexity index is 873. The number of fused-ring (bicyclic) bond motifs is 1. The molecule has 1 aliphatic carbocycles. The van der Waals surface area contributed by atoms with Crippen LogP contribution in [0.5, 0.6) is 5.75 Å². The Labute approximate surface area is 172 Å². The average molecular weight is 395 g/mol. The maximum Gasteiger partial charge on any atom is 0.160 e. The Balaban J connectivity index is 1.43. The molecule has 3 unspecified atom stereocenters. The number of aryl methyl sites for hydroxylation is 1. The quantitative estimate of drug-likeness (QED) is 0.801. The van der Waals surface area contributed by atoms with E-state index in [1.165, 1.54) is 35.1 Å². The number of methoxy groups -OCH3 is 1. The molecule has 5 rings (SSSR count). The van der Waals surface area contributed by atoms with Gasteiger partial charge in [-0.2, -0.15) is 0 Å². The monoisotopic (exact) mass is 394 g/mol. The van der Waals surface area contributed by atoms with Crippen molar-refractivity contribution in [3.05, 3.63) is 64.2 Å². The van der Waals surface area contributed by atoms with Gasteiger partial charge in [-0.3, -0.25) is 0 Å². The van der Waals surface area contributed by atoms with E-state index < -0.39 is 0 Å². The standard InChI is InChI=1S/C25H30O4/c1-27-25-15-21(26)14-24(29-25)19-7-8-22(17-5-6-17)20(13-19)12-16-4-9-23-18(11-16)3-2-10-28-23/h4,7-9,11,13,17,21,24-26H,2-3,5-6,10,12,14-15H2,1H3. The summed E-state index contributed by atoms with van der Waals surface area (Å²) in [4.78, 5) is 0. The number of rotatable bonds is 5. The van der Waals surface area contributed by atoms with E-state index in [4.69, 9.17) is 14.2 Å².